The predicted molar refractivity (Wildman–Crippen MR) is 195 cm³/mol. The van der Waals surface area contributed by atoms with Crippen molar-refractivity contribution in [2.75, 3.05) is 6.54 Å². The molecule has 0 atom stereocenters. The number of nitrogens with zero attached hydrogens (tertiary/aromatic N) is 3. The number of hydrogen-bond donors (Lipinski definition) is 2. The highest BCUT2D eigenvalue weighted by Gasteiger charge is 2.36. The average Bonchev–Trinajstić information content (AvgIpc) is 3.72. The van der Waals surface area contributed by atoms with E-state index in [9.17, 15) is 24.8 Å². The number of aryl methyl sites for hydroxylation is 1. The van der Waals surface area contributed by atoms with Crippen molar-refractivity contribution in [3.63, 3.8) is 0 Å². The number of aliphatic hydroxyl groups excluding tert-OH is 1. The van der Waals surface area contributed by atoms with Crippen LogP contribution in [0.2, 0.25) is 5.02 Å². The second kappa shape index (κ2) is 13.9. The van der Waals surface area contributed by atoms with Gasteiger partial charge in [0, 0.05) is 39.3 Å². The zero-order valence-electron chi connectivity index (χ0n) is 27.7. The Labute approximate surface area is 294 Å². The minimum atomic E-state index is -0.455. The molecule has 1 aromatic heterocycles. The van der Waals surface area contributed by atoms with Gasteiger partial charge in [-0.15, -0.1) is 0 Å². The molecule has 1 aliphatic heterocycles. The first-order valence-electron chi connectivity index (χ1n) is 16.9. The minimum Gasteiger partial charge on any atom is -0.392 e. The van der Waals surface area contributed by atoms with Crippen molar-refractivity contribution in [3.05, 3.63) is 122 Å². The van der Waals surface area contributed by atoms with E-state index < -0.39 is 5.91 Å². The molecule has 7 rings (SSSR count). The summed E-state index contributed by atoms with van der Waals surface area (Å²) in [4.78, 5) is 43.1. The highest BCUT2D eigenvalue weighted by atomic mass is 35.5. The average molecular weight is 683 g/mol. The molecule has 1 aliphatic carbocycles. The van der Waals surface area contributed by atoms with E-state index in [0.717, 1.165) is 71.4 Å². The number of unbranched alkanes of at least 4 members (excludes halogenated alkanes) is 4. The fourth-order valence-electron chi connectivity index (χ4n) is 7.35. The van der Waals surface area contributed by atoms with Crippen molar-refractivity contribution in [1.29, 1.82) is 5.26 Å². The Kier molecular flexibility index (Phi) is 9.20. The van der Waals surface area contributed by atoms with Crippen LogP contribution in [0.5, 0.6) is 0 Å². The van der Waals surface area contributed by atoms with Gasteiger partial charge in [0.2, 0.25) is 5.91 Å². The van der Waals surface area contributed by atoms with Gasteiger partial charge in [0.25, 0.3) is 11.8 Å². The highest BCUT2D eigenvalue weighted by Crippen LogP contribution is 2.43. The summed E-state index contributed by atoms with van der Waals surface area (Å²) in [5, 5.41) is 25.9. The Morgan fingerprint density at radius 3 is 2.50 bits per heavy atom. The monoisotopic (exact) mass is 682 g/mol. The van der Waals surface area contributed by atoms with E-state index in [1.165, 1.54) is 5.56 Å². The Balaban J connectivity index is 0.921. The number of aromatic nitrogens is 1. The van der Waals surface area contributed by atoms with Crippen molar-refractivity contribution in [3.8, 4) is 6.07 Å². The zero-order valence-corrected chi connectivity index (χ0v) is 28.4. The van der Waals surface area contributed by atoms with Crippen LogP contribution in [0.3, 0.4) is 0 Å². The number of halogens is 1. The van der Waals surface area contributed by atoms with Gasteiger partial charge < -0.3 is 10.4 Å². The van der Waals surface area contributed by atoms with Gasteiger partial charge in [0.05, 0.1) is 24.3 Å². The van der Waals surface area contributed by atoms with E-state index in [0.29, 0.717) is 45.2 Å². The van der Waals surface area contributed by atoms with Gasteiger partial charge in [0.15, 0.2) is 0 Å². The Morgan fingerprint density at radius 2 is 1.72 bits per heavy atom. The first kappa shape index (κ1) is 33.2. The molecule has 250 valence electrons. The molecule has 0 radical (unpaired) electrons. The van der Waals surface area contributed by atoms with Crippen LogP contribution in [0.15, 0.2) is 83.4 Å². The van der Waals surface area contributed by atoms with Crippen molar-refractivity contribution in [1.82, 2.24) is 9.88 Å². The number of fused-ring (bicyclic) bond motifs is 4. The van der Waals surface area contributed by atoms with Crippen LogP contribution in [0.25, 0.3) is 27.2 Å². The molecule has 0 unspecified atom stereocenters. The molecule has 8 nitrogen and oxygen atoms in total. The van der Waals surface area contributed by atoms with Crippen LogP contribution in [0, 0.1) is 18.3 Å². The summed E-state index contributed by atoms with van der Waals surface area (Å²) < 4.78 is 1.64. The number of rotatable bonds is 12. The second-order valence-electron chi connectivity index (χ2n) is 12.9. The van der Waals surface area contributed by atoms with Crippen molar-refractivity contribution >= 4 is 62.3 Å². The lowest BCUT2D eigenvalue weighted by molar-refractivity contribution is -0.120. The van der Waals surface area contributed by atoms with Gasteiger partial charge >= 0.3 is 0 Å². The maximum Gasteiger partial charge on any atom is 0.288 e. The molecular weight excluding hydrogens is 648 g/mol. The summed E-state index contributed by atoms with van der Waals surface area (Å²) >= 11 is 6.04. The first-order chi connectivity index (χ1) is 24.3. The van der Waals surface area contributed by atoms with Gasteiger partial charge in [-0.25, -0.2) is 4.99 Å². The van der Waals surface area contributed by atoms with Gasteiger partial charge in [0.1, 0.15) is 11.6 Å². The van der Waals surface area contributed by atoms with E-state index in [-0.39, 0.29) is 30.4 Å². The molecule has 9 heteroatoms. The molecule has 0 saturated carbocycles. The Hall–Kier alpha value is -5.36. The normalized spacial score (nSPS) is 13.2. The number of nitrogens with one attached hydrogen (secondary N) is 1. The molecule has 2 N–H and O–H groups in total. The van der Waals surface area contributed by atoms with Crippen LogP contribution in [0.1, 0.15) is 76.0 Å². The van der Waals surface area contributed by atoms with E-state index in [1.54, 1.807) is 34.9 Å². The quantitative estimate of drug-likeness (QED) is 0.133. The first-order valence-corrected chi connectivity index (χ1v) is 17.3. The van der Waals surface area contributed by atoms with Crippen LogP contribution in [0.4, 0.5) is 0 Å². The lowest BCUT2D eigenvalue weighted by atomic mass is 9.95. The third-order valence-electron chi connectivity index (χ3n) is 9.84. The molecule has 0 fully saturated rings. The van der Waals surface area contributed by atoms with E-state index >= 15 is 0 Å². The summed E-state index contributed by atoms with van der Waals surface area (Å²) in [6, 6.07) is 24.5. The number of allylic oxidation sites excluding steroid dienone is 1. The highest BCUT2D eigenvalue weighted by molar-refractivity contribution is 6.50. The number of aliphatic hydroxyl groups is 1. The van der Waals surface area contributed by atoms with Gasteiger partial charge in [-0.05, 0) is 95.6 Å². The SMILES string of the molecule is Cc1c(CC(=O)NCCCCCCCc2ccc3c4c(cccc24)C2=C(C#N)C(=O)N=C23)c2cc(CO)ccc2n1C(=O)c1ccc(Cl)cc1. The van der Waals surface area contributed by atoms with Crippen LogP contribution in [-0.4, -0.2) is 39.7 Å². The summed E-state index contributed by atoms with van der Waals surface area (Å²) in [6.45, 7) is 2.29. The number of aliphatic imine (C=N–C) groups is 1. The van der Waals surface area contributed by atoms with Gasteiger partial charge in [-0.1, -0.05) is 67.3 Å². The molecule has 0 bridgehead atoms. The third-order valence-corrected chi connectivity index (χ3v) is 10.1. The topological polar surface area (TPSA) is 125 Å². The van der Waals surface area contributed by atoms with E-state index in [2.05, 4.69) is 22.4 Å². The van der Waals surface area contributed by atoms with Gasteiger partial charge in [-0.2, -0.15) is 5.26 Å². The molecular formula is C41H35ClN4O4. The molecule has 0 saturated heterocycles. The lowest BCUT2D eigenvalue weighted by Crippen LogP contribution is -2.26. The predicted octanol–water partition coefficient (Wildman–Crippen LogP) is 7.41. The molecule has 0 spiro atoms. The van der Waals surface area contributed by atoms with Crippen molar-refractivity contribution in [2.45, 2.75) is 58.5 Å². The number of amides is 2. The fraction of sp³-hybridized carbons (Fsp3) is 0.244. The maximum atomic E-state index is 13.5. The zero-order chi connectivity index (χ0) is 34.9. The second-order valence-corrected chi connectivity index (χ2v) is 13.3. The number of carbonyl (C=O) groups is 3. The number of benzene rings is 4. The molecule has 2 heterocycles. The summed E-state index contributed by atoms with van der Waals surface area (Å²) in [5.41, 5.74) is 7.88. The van der Waals surface area contributed by atoms with Gasteiger partial charge in [-0.3, -0.25) is 19.0 Å². The smallest absolute Gasteiger partial charge is 0.288 e. The van der Waals surface area contributed by atoms with Crippen molar-refractivity contribution < 1.29 is 19.5 Å². The molecule has 4 aromatic carbocycles. The largest absolute Gasteiger partial charge is 0.392 e. The maximum absolute atomic E-state index is 13.5. The van der Waals surface area contributed by atoms with Crippen LogP contribution < -0.4 is 5.32 Å². The Bertz CT molecular complexity index is 2330. The van der Waals surface area contributed by atoms with Crippen molar-refractivity contribution in [2.24, 2.45) is 4.99 Å². The standard InChI is InChI=1S/C41H35ClN4O4/c1-24-32(33-20-25(23-47)11-18-35(33)46(24)41(50)27-12-15-28(42)16-13-27)21-36(48)44-19-6-4-2-3-5-8-26-14-17-31-37-29(26)9-7-10-30(37)38-34(22-43)40(49)45-39(31)38/h7,9-18,20,47H,2-6,8,19,21,23H2,1H3,(H,44,48). The fourth-order valence-corrected chi connectivity index (χ4v) is 7.47. The lowest BCUT2D eigenvalue weighted by Gasteiger charge is -2.09. The molecule has 2 aliphatic rings. The van der Waals surface area contributed by atoms with Crippen LogP contribution >= 0.6 is 11.6 Å². The molecule has 2 amide bonds. The molecule has 5 aromatic rings. The summed E-state index contributed by atoms with van der Waals surface area (Å²) in [5.74, 6) is -0.767. The third kappa shape index (κ3) is 5.93. The number of hydrogen-bond acceptors (Lipinski definition) is 5. The Morgan fingerprint density at radius 1 is 0.940 bits per heavy atom. The van der Waals surface area contributed by atoms with Crippen LogP contribution in [-0.2, 0) is 29.0 Å². The minimum absolute atomic E-state index is 0.107. The van der Waals surface area contributed by atoms with E-state index in [1.807, 2.05) is 43.3 Å². The molecule has 50 heavy (non-hydrogen) atoms. The van der Waals surface area contributed by atoms with E-state index in [4.69, 9.17) is 11.6 Å². The number of carbonyl (C=O) groups excluding carboxylic acids is 3. The number of nitriles is 1. The summed E-state index contributed by atoms with van der Waals surface area (Å²) in [7, 11) is 0. The summed E-state index contributed by atoms with van der Waals surface area (Å²) in [6.07, 6.45) is 6.08.